The maximum Gasteiger partial charge on any atom is 0.0483 e. The molecule has 1 N–H and O–H groups in total. The third-order valence-corrected chi connectivity index (χ3v) is 3.02. The summed E-state index contributed by atoms with van der Waals surface area (Å²) in [6.45, 7) is 4.48. The molecule has 0 radical (unpaired) electrons. The van der Waals surface area contributed by atoms with E-state index in [1.165, 1.54) is 5.54 Å². The highest BCUT2D eigenvalue weighted by molar-refractivity contribution is 6.36. The molecule has 0 aromatic carbocycles. The molecule has 0 aromatic rings. The maximum atomic E-state index is 5.78. The fourth-order valence-electron chi connectivity index (χ4n) is 1.34. The fourth-order valence-corrected chi connectivity index (χ4v) is 1.48. The van der Waals surface area contributed by atoms with Gasteiger partial charge in [0.25, 0.3) is 0 Å². The third kappa shape index (κ3) is 3.86. The zero-order valence-electron chi connectivity index (χ0n) is 7.78. The molecule has 0 aromatic heterocycles. The van der Waals surface area contributed by atoms with Crippen molar-refractivity contribution in [2.75, 3.05) is 19.8 Å². The molecular weight excluding hydrogens is 209 g/mol. The lowest BCUT2D eigenvalue weighted by Gasteiger charge is -2.34. The Kier molecular flexibility index (Phi) is 4.53. The van der Waals surface area contributed by atoms with Crippen LogP contribution in [0.2, 0.25) is 0 Å². The highest BCUT2D eigenvalue weighted by Gasteiger charge is 2.26. The molecule has 0 spiro atoms. The van der Waals surface area contributed by atoms with Crippen molar-refractivity contribution in [1.82, 2.24) is 5.32 Å². The predicted molar refractivity (Wildman–Crippen MR) is 56.2 cm³/mol. The summed E-state index contributed by atoms with van der Waals surface area (Å²) in [5.41, 5.74) is 1.55. The Morgan fingerprint density at radius 1 is 1.54 bits per heavy atom. The van der Waals surface area contributed by atoms with Crippen LogP contribution in [0.15, 0.2) is 10.6 Å². The van der Waals surface area contributed by atoms with E-state index in [2.05, 4.69) is 12.2 Å². The first-order chi connectivity index (χ1) is 6.16. The quantitative estimate of drug-likeness (QED) is 0.795. The minimum Gasteiger partial charge on any atom is -0.381 e. The first-order valence-corrected chi connectivity index (χ1v) is 5.25. The summed E-state index contributed by atoms with van der Waals surface area (Å²) in [5.74, 6) is 0. The molecule has 1 aliphatic heterocycles. The second-order valence-corrected chi connectivity index (χ2v) is 4.29. The summed E-state index contributed by atoms with van der Waals surface area (Å²) < 4.78 is 5.28. The third-order valence-electron chi connectivity index (χ3n) is 2.40. The van der Waals surface area contributed by atoms with Gasteiger partial charge in [-0.1, -0.05) is 23.2 Å². The molecule has 2 nitrogen and oxygen atoms in total. The van der Waals surface area contributed by atoms with Crippen molar-refractivity contribution in [3.05, 3.63) is 10.6 Å². The average Bonchev–Trinajstić information content (AvgIpc) is 2.15. The van der Waals surface area contributed by atoms with Gasteiger partial charge in [0.05, 0.1) is 0 Å². The van der Waals surface area contributed by atoms with Gasteiger partial charge in [0, 0.05) is 35.9 Å². The van der Waals surface area contributed by atoms with Gasteiger partial charge >= 0.3 is 0 Å². The molecule has 1 heterocycles. The highest BCUT2D eigenvalue weighted by atomic mass is 35.5. The predicted octanol–water partition coefficient (Wildman–Crippen LogP) is 2.46. The SMILES string of the molecule is CC1(NC/C(Cl)=C/Cl)CCOCC1. The molecule has 13 heavy (non-hydrogen) atoms. The van der Waals surface area contributed by atoms with Gasteiger partial charge in [-0.3, -0.25) is 0 Å². The maximum absolute atomic E-state index is 5.78. The highest BCUT2D eigenvalue weighted by Crippen LogP contribution is 2.20. The van der Waals surface area contributed by atoms with Crippen LogP contribution in [0.5, 0.6) is 0 Å². The molecule has 1 fully saturated rings. The van der Waals surface area contributed by atoms with E-state index in [1.54, 1.807) is 0 Å². The molecule has 0 unspecified atom stereocenters. The Bertz CT molecular complexity index is 188. The van der Waals surface area contributed by atoms with Gasteiger partial charge in [-0.2, -0.15) is 0 Å². The van der Waals surface area contributed by atoms with Crippen molar-refractivity contribution in [2.24, 2.45) is 0 Å². The second kappa shape index (κ2) is 5.20. The van der Waals surface area contributed by atoms with Crippen LogP contribution in [0.1, 0.15) is 19.8 Å². The van der Waals surface area contributed by atoms with Gasteiger partial charge in [0.1, 0.15) is 0 Å². The van der Waals surface area contributed by atoms with Crippen LogP contribution >= 0.6 is 23.2 Å². The summed E-state index contributed by atoms with van der Waals surface area (Å²) in [7, 11) is 0. The van der Waals surface area contributed by atoms with Crippen LogP contribution in [-0.4, -0.2) is 25.3 Å². The topological polar surface area (TPSA) is 21.3 Å². The van der Waals surface area contributed by atoms with E-state index in [1.807, 2.05) is 0 Å². The number of halogens is 2. The zero-order chi connectivity index (χ0) is 9.73. The smallest absolute Gasteiger partial charge is 0.0483 e. The monoisotopic (exact) mass is 223 g/mol. The summed E-state index contributed by atoms with van der Waals surface area (Å²) in [6, 6.07) is 0. The summed E-state index contributed by atoms with van der Waals surface area (Å²) in [5, 5.41) is 4.03. The lowest BCUT2D eigenvalue weighted by atomic mass is 9.92. The van der Waals surface area contributed by atoms with Gasteiger partial charge in [-0.15, -0.1) is 0 Å². The van der Waals surface area contributed by atoms with E-state index in [4.69, 9.17) is 27.9 Å². The Hall–Kier alpha value is 0.240. The van der Waals surface area contributed by atoms with E-state index in [0.29, 0.717) is 11.6 Å². The summed E-state index contributed by atoms with van der Waals surface area (Å²) in [6.07, 6.45) is 2.05. The molecule has 0 aliphatic carbocycles. The molecule has 0 bridgehead atoms. The van der Waals surface area contributed by atoms with Crippen LogP contribution in [0, 0.1) is 0 Å². The van der Waals surface area contributed by atoms with Gasteiger partial charge in [-0.05, 0) is 19.8 Å². The lowest BCUT2D eigenvalue weighted by molar-refractivity contribution is 0.0466. The standard InChI is InChI=1S/C9H15Cl2NO/c1-9(2-4-13-5-3-9)12-7-8(11)6-10/h6,12H,2-5,7H2,1H3/b8-6-. The van der Waals surface area contributed by atoms with E-state index in [-0.39, 0.29) is 5.54 Å². The zero-order valence-corrected chi connectivity index (χ0v) is 9.29. The normalized spacial score (nSPS) is 23.2. The van der Waals surface area contributed by atoms with E-state index >= 15 is 0 Å². The first kappa shape index (κ1) is 11.3. The van der Waals surface area contributed by atoms with Crippen molar-refractivity contribution in [1.29, 1.82) is 0 Å². The lowest BCUT2D eigenvalue weighted by Crippen LogP contribution is -2.47. The minimum absolute atomic E-state index is 0.151. The van der Waals surface area contributed by atoms with Crippen molar-refractivity contribution in [3.63, 3.8) is 0 Å². The van der Waals surface area contributed by atoms with Crippen LogP contribution in [0.25, 0.3) is 0 Å². The fraction of sp³-hybridized carbons (Fsp3) is 0.778. The molecule has 0 atom stereocenters. The molecule has 1 aliphatic rings. The molecule has 1 saturated heterocycles. The van der Waals surface area contributed by atoms with Crippen molar-refractivity contribution in [2.45, 2.75) is 25.3 Å². The van der Waals surface area contributed by atoms with Gasteiger partial charge < -0.3 is 10.1 Å². The minimum atomic E-state index is 0.151. The van der Waals surface area contributed by atoms with Crippen molar-refractivity contribution < 1.29 is 4.74 Å². The number of rotatable bonds is 3. The van der Waals surface area contributed by atoms with E-state index < -0.39 is 0 Å². The van der Waals surface area contributed by atoms with Crippen LogP contribution in [-0.2, 0) is 4.74 Å². The largest absolute Gasteiger partial charge is 0.381 e. The molecule has 0 saturated carbocycles. The van der Waals surface area contributed by atoms with Crippen LogP contribution in [0.4, 0.5) is 0 Å². The Morgan fingerprint density at radius 2 is 2.15 bits per heavy atom. The number of nitrogens with one attached hydrogen (secondary N) is 1. The van der Waals surface area contributed by atoms with E-state index in [9.17, 15) is 0 Å². The molecule has 0 amide bonds. The Morgan fingerprint density at radius 3 is 2.69 bits per heavy atom. The number of ether oxygens (including phenoxy) is 1. The Labute approximate surface area is 89.2 Å². The second-order valence-electron chi connectivity index (χ2n) is 3.58. The Balaban J connectivity index is 2.33. The van der Waals surface area contributed by atoms with Gasteiger partial charge in [-0.25, -0.2) is 0 Å². The average molecular weight is 224 g/mol. The molecule has 1 rings (SSSR count). The molecule has 4 heteroatoms. The summed E-state index contributed by atoms with van der Waals surface area (Å²) in [4.78, 5) is 0. The van der Waals surface area contributed by atoms with E-state index in [0.717, 1.165) is 26.1 Å². The molecular formula is C9H15Cl2NO. The number of hydrogen-bond donors (Lipinski definition) is 1. The van der Waals surface area contributed by atoms with Crippen molar-refractivity contribution >= 4 is 23.2 Å². The summed E-state index contributed by atoms with van der Waals surface area (Å²) >= 11 is 11.2. The number of hydrogen-bond acceptors (Lipinski definition) is 2. The first-order valence-electron chi connectivity index (χ1n) is 4.44. The van der Waals surface area contributed by atoms with Gasteiger partial charge in [0.2, 0.25) is 0 Å². The van der Waals surface area contributed by atoms with Crippen molar-refractivity contribution in [3.8, 4) is 0 Å². The van der Waals surface area contributed by atoms with Crippen LogP contribution < -0.4 is 5.32 Å². The van der Waals surface area contributed by atoms with Crippen LogP contribution in [0.3, 0.4) is 0 Å². The van der Waals surface area contributed by atoms with Gasteiger partial charge in [0.15, 0.2) is 0 Å². The molecule has 76 valence electrons.